The Balaban J connectivity index is 2.39. The molecule has 2 aromatic carbocycles. The van der Waals surface area contributed by atoms with E-state index in [1.165, 1.54) is 22.5 Å². The van der Waals surface area contributed by atoms with Crippen molar-refractivity contribution in [2.75, 3.05) is 38.0 Å². The van der Waals surface area contributed by atoms with Crippen molar-refractivity contribution in [3.63, 3.8) is 0 Å². The van der Waals surface area contributed by atoms with Gasteiger partial charge in [0.1, 0.15) is 0 Å². The van der Waals surface area contributed by atoms with E-state index in [1.54, 1.807) is 0 Å². The molecule has 2 rings (SSSR count). The highest BCUT2D eigenvalue weighted by molar-refractivity contribution is 7.97. The summed E-state index contributed by atoms with van der Waals surface area (Å²) in [7, 11) is -0.644. The standard InChI is InChI=1S/C32H60N2Si6/c1-33(2)31-21-17-29(18-22-31)25-27-35(5,6)37(9,10)39(13,14)40(15,16)38(11,12)36(7,8)28-26-30-19-23-32(24-20-30)34(3)4/h17-28H,1-16H3/b27-25+,28-26+. The molecule has 0 spiro atoms. The minimum Gasteiger partial charge on any atom is -0.378 e. The monoisotopic (exact) mass is 640 g/mol. The molecule has 2 nitrogen and oxygen atoms in total. The number of hydrogen-bond acceptors (Lipinski definition) is 2. The van der Waals surface area contributed by atoms with E-state index in [0.717, 1.165) is 0 Å². The molecule has 0 unspecified atom stereocenters. The van der Waals surface area contributed by atoms with Gasteiger partial charge in [0, 0.05) is 68.0 Å². The predicted octanol–water partition coefficient (Wildman–Crippen LogP) is 9.27. The van der Waals surface area contributed by atoms with E-state index in [1.807, 2.05) is 0 Å². The summed E-state index contributed by atoms with van der Waals surface area (Å²) in [6.45, 7) is 33.4. The lowest BCUT2D eigenvalue weighted by Crippen LogP contribution is -2.87. The molecule has 0 fully saturated rings. The van der Waals surface area contributed by atoms with Gasteiger partial charge in [-0.2, -0.15) is 0 Å². The fourth-order valence-corrected chi connectivity index (χ4v) is 153. The average Bonchev–Trinajstić information content (AvgIpc) is 2.86. The normalized spacial score (nSPS) is 14.3. The number of anilines is 2. The molecule has 0 saturated heterocycles. The van der Waals surface area contributed by atoms with Crippen LogP contribution in [0.4, 0.5) is 11.4 Å². The van der Waals surface area contributed by atoms with Crippen molar-refractivity contribution in [3.05, 3.63) is 71.1 Å². The van der Waals surface area contributed by atoms with Gasteiger partial charge in [-0.3, -0.25) is 0 Å². The zero-order chi connectivity index (χ0) is 30.9. The first-order valence-corrected chi connectivity index (χ1v) is 38.1. The third-order valence-electron chi connectivity index (χ3n) is 12.1. The topological polar surface area (TPSA) is 6.48 Å². The van der Waals surface area contributed by atoms with Crippen molar-refractivity contribution >= 4 is 67.1 Å². The molecule has 0 atom stereocenters. The van der Waals surface area contributed by atoms with Gasteiger partial charge in [-0.25, -0.2) is 0 Å². The molecule has 0 bridgehead atoms. The summed E-state index contributed by atoms with van der Waals surface area (Å²) in [4.78, 5) is 4.35. The van der Waals surface area contributed by atoms with Gasteiger partial charge in [-0.1, -0.05) is 126 Å². The molecule has 0 aliphatic rings. The van der Waals surface area contributed by atoms with Gasteiger partial charge in [-0.05, 0) is 35.4 Å². The molecular formula is C32H60N2Si6. The van der Waals surface area contributed by atoms with Gasteiger partial charge in [0.05, 0.1) is 15.2 Å². The summed E-state index contributed by atoms with van der Waals surface area (Å²) in [5, 5.41) is 0. The molecule has 0 aliphatic carbocycles. The fraction of sp³-hybridized carbons (Fsp3) is 0.500. The first-order valence-electron chi connectivity index (χ1n) is 15.0. The second-order valence-corrected chi connectivity index (χ2v) is 79.9. The van der Waals surface area contributed by atoms with E-state index in [0.29, 0.717) is 0 Å². The summed E-state index contributed by atoms with van der Waals surface area (Å²) in [6.07, 6.45) is 4.93. The second-order valence-electron chi connectivity index (χ2n) is 15.6. The molecule has 0 saturated carbocycles. The highest BCUT2D eigenvalue weighted by atomic mass is 30.0. The van der Waals surface area contributed by atoms with Crippen molar-refractivity contribution in [2.45, 2.75) is 78.6 Å². The maximum Gasteiger partial charge on any atom is 0.0620 e. The Labute approximate surface area is 253 Å². The molecule has 0 aliphatic heterocycles. The maximum atomic E-state index is 2.85. The minimum atomic E-state index is -1.56. The van der Waals surface area contributed by atoms with Crippen LogP contribution in [0.25, 0.3) is 12.2 Å². The van der Waals surface area contributed by atoms with Crippen LogP contribution < -0.4 is 9.80 Å². The molecule has 0 N–H and O–H groups in total. The molecule has 2 aromatic rings. The van der Waals surface area contributed by atoms with Gasteiger partial charge in [0.25, 0.3) is 0 Å². The highest BCUT2D eigenvalue weighted by Gasteiger charge is 2.65. The second kappa shape index (κ2) is 12.2. The van der Waals surface area contributed by atoms with Crippen molar-refractivity contribution in [1.82, 2.24) is 0 Å². The lowest BCUT2D eigenvalue weighted by Gasteiger charge is -2.61. The van der Waals surface area contributed by atoms with E-state index in [2.05, 4.69) is 189 Å². The SMILES string of the molecule is CN(C)c1ccc(/C=C/[Si](C)(C)[Si](C)(C)[Si](C)(C)[Si](C)(C)[Si](C)(C)[Si](C)(C)/C=C/c2ccc(N(C)C)cc2)cc1. The summed E-state index contributed by atoms with van der Waals surface area (Å²) in [6, 6.07) is 18.1. The third kappa shape index (κ3) is 6.72. The van der Waals surface area contributed by atoms with Crippen LogP contribution in [0.3, 0.4) is 0 Å². The van der Waals surface area contributed by atoms with Crippen LogP contribution in [-0.4, -0.2) is 71.8 Å². The summed E-state index contributed by atoms with van der Waals surface area (Å²) >= 11 is 0. The minimum absolute atomic E-state index is 1.27. The van der Waals surface area contributed by atoms with E-state index in [-0.39, 0.29) is 0 Å². The number of nitrogens with zero attached hydrogens (tertiary/aromatic N) is 2. The van der Waals surface area contributed by atoms with Gasteiger partial charge in [0.15, 0.2) is 0 Å². The molecule has 222 valence electrons. The van der Waals surface area contributed by atoms with Crippen molar-refractivity contribution in [2.24, 2.45) is 0 Å². The molecule has 0 radical (unpaired) electrons. The van der Waals surface area contributed by atoms with Crippen LogP contribution in [0.2, 0.25) is 78.6 Å². The molecule has 0 amide bonds. The molecule has 0 aromatic heterocycles. The smallest absolute Gasteiger partial charge is 0.0620 e. The number of benzene rings is 2. The summed E-state index contributed by atoms with van der Waals surface area (Å²) < 4.78 is 0. The first kappa shape index (κ1) is 35.0. The molecule has 40 heavy (non-hydrogen) atoms. The lowest BCUT2D eigenvalue weighted by molar-refractivity contribution is 1.13. The maximum absolute atomic E-state index is 2.85. The largest absolute Gasteiger partial charge is 0.378 e. The Bertz CT molecular complexity index is 1090. The highest BCUT2D eigenvalue weighted by Crippen LogP contribution is 2.43. The number of hydrogen-bond donors (Lipinski definition) is 0. The van der Waals surface area contributed by atoms with Gasteiger partial charge in [-0.15, -0.1) is 0 Å². The molecule has 8 heteroatoms. The van der Waals surface area contributed by atoms with Gasteiger partial charge >= 0.3 is 0 Å². The van der Waals surface area contributed by atoms with Crippen LogP contribution in [0.1, 0.15) is 11.1 Å². The lowest BCUT2D eigenvalue weighted by atomic mass is 10.2. The summed E-state index contributed by atoms with van der Waals surface area (Å²) in [5.41, 5.74) is 10.7. The Hall–Kier alpha value is -1.18. The van der Waals surface area contributed by atoms with Gasteiger partial charge < -0.3 is 9.80 Å². The molecular weight excluding hydrogens is 581 g/mol. The Morgan fingerprint density at radius 1 is 0.400 bits per heavy atom. The quantitative estimate of drug-likeness (QED) is 0.226. The third-order valence-corrected chi connectivity index (χ3v) is 130. The van der Waals surface area contributed by atoms with E-state index >= 15 is 0 Å². The number of rotatable bonds is 11. The van der Waals surface area contributed by atoms with Crippen LogP contribution in [-0.2, 0) is 0 Å². The van der Waals surface area contributed by atoms with Crippen LogP contribution in [0, 0.1) is 0 Å². The Kier molecular flexibility index (Phi) is 10.7. The molecule has 0 heterocycles. The van der Waals surface area contributed by atoms with Crippen LogP contribution in [0.5, 0.6) is 0 Å². The Morgan fingerprint density at radius 3 is 0.875 bits per heavy atom. The fourth-order valence-electron chi connectivity index (χ4n) is 5.97. The van der Waals surface area contributed by atoms with E-state index in [4.69, 9.17) is 0 Å². The van der Waals surface area contributed by atoms with Gasteiger partial charge in [0.2, 0.25) is 0 Å². The van der Waals surface area contributed by atoms with E-state index < -0.39 is 43.6 Å². The van der Waals surface area contributed by atoms with Crippen molar-refractivity contribution < 1.29 is 0 Å². The van der Waals surface area contributed by atoms with E-state index in [9.17, 15) is 0 Å². The van der Waals surface area contributed by atoms with Crippen LogP contribution in [0.15, 0.2) is 59.9 Å². The predicted molar refractivity (Wildman–Crippen MR) is 204 cm³/mol. The zero-order valence-corrected chi connectivity index (χ0v) is 34.8. The zero-order valence-electron chi connectivity index (χ0n) is 28.8. The van der Waals surface area contributed by atoms with Crippen LogP contribution >= 0.6 is 0 Å². The van der Waals surface area contributed by atoms with Crippen molar-refractivity contribution in [3.8, 4) is 0 Å². The first-order chi connectivity index (χ1) is 18.0. The Morgan fingerprint density at radius 2 is 0.650 bits per heavy atom. The van der Waals surface area contributed by atoms with Crippen molar-refractivity contribution in [1.29, 1.82) is 0 Å². The average molecular weight is 641 g/mol. The summed E-state index contributed by atoms with van der Waals surface area (Å²) in [5.74, 6) is 0.